The van der Waals surface area contributed by atoms with Gasteiger partial charge in [0, 0.05) is 19.3 Å². The van der Waals surface area contributed by atoms with E-state index in [1.165, 1.54) is 0 Å². The van der Waals surface area contributed by atoms with Crippen molar-refractivity contribution in [2.24, 2.45) is 5.92 Å². The number of carbonyl (C=O) groups excluding carboxylic acids is 1. The lowest BCUT2D eigenvalue weighted by atomic mass is 10.2. The predicted octanol–water partition coefficient (Wildman–Crippen LogP) is 1.26. The number of hydrogen-bond acceptors (Lipinski definition) is 3. The van der Waals surface area contributed by atoms with Crippen LogP contribution >= 0.6 is 0 Å². The number of pyridine rings is 1. The molecule has 4 heteroatoms. The lowest BCUT2D eigenvalue weighted by Gasteiger charge is -2.07. The van der Waals surface area contributed by atoms with Gasteiger partial charge in [-0.05, 0) is 24.5 Å². The van der Waals surface area contributed by atoms with Gasteiger partial charge in [0.25, 0.3) is 5.91 Å². The van der Waals surface area contributed by atoms with Gasteiger partial charge in [0.2, 0.25) is 0 Å². The maximum Gasteiger partial charge on any atom is 0.255 e. The maximum absolute atomic E-state index is 11.8. The topological polar surface area (TPSA) is 54.0 Å². The molecule has 2 N–H and O–H groups in total. The fraction of sp³-hybridized carbons (Fsp3) is 0.455. The van der Waals surface area contributed by atoms with Gasteiger partial charge < -0.3 is 10.6 Å². The Hall–Kier alpha value is -1.58. The Morgan fingerprint density at radius 3 is 2.93 bits per heavy atom. The molecule has 2 atom stereocenters. The van der Waals surface area contributed by atoms with Crippen LogP contribution < -0.4 is 10.6 Å². The van der Waals surface area contributed by atoms with Crippen LogP contribution in [-0.4, -0.2) is 24.0 Å². The first kappa shape index (κ1) is 9.96. The summed E-state index contributed by atoms with van der Waals surface area (Å²) in [7, 11) is 1.76. The number of aromatic nitrogens is 1. The molecule has 1 saturated carbocycles. The highest BCUT2D eigenvalue weighted by molar-refractivity contribution is 5.98. The van der Waals surface area contributed by atoms with Gasteiger partial charge in [-0.2, -0.15) is 0 Å². The molecule has 0 aliphatic heterocycles. The van der Waals surface area contributed by atoms with Gasteiger partial charge in [-0.1, -0.05) is 6.92 Å². The van der Waals surface area contributed by atoms with Crippen molar-refractivity contribution in [3.8, 4) is 0 Å². The molecule has 1 aliphatic rings. The average molecular weight is 205 g/mol. The average Bonchev–Trinajstić information content (AvgIpc) is 2.94. The molecule has 15 heavy (non-hydrogen) atoms. The number of nitrogens with one attached hydrogen (secondary N) is 2. The first-order chi connectivity index (χ1) is 7.22. The zero-order valence-corrected chi connectivity index (χ0v) is 8.95. The molecule has 1 aromatic rings. The quantitative estimate of drug-likeness (QED) is 0.781. The summed E-state index contributed by atoms with van der Waals surface area (Å²) in [6, 6.07) is 3.90. The van der Waals surface area contributed by atoms with Crippen LogP contribution in [0.1, 0.15) is 23.7 Å². The second-order valence-electron chi connectivity index (χ2n) is 3.94. The third-order valence-electron chi connectivity index (χ3n) is 2.72. The van der Waals surface area contributed by atoms with E-state index in [2.05, 4.69) is 22.5 Å². The standard InChI is InChI=1S/C11H15N3O/c1-7-6-9(7)14-11(15)8-4-3-5-13-10(8)12-2/h3-5,7,9H,6H2,1-2H3,(H,12,13)(H,14,15). The molecule has 0 bridgehead atoms. The summed E-state index contributed by atoms with van der Waals surface area (Å²) in [4.78, 5) is 15.9. The van der Waals surface area contributed by atoms with E-state index in [0.717, 1.165) is 6.42 Å². The van der Waals surface area contributed by atoms with Crippen LogP contribution in [0.2, 0.25) is 0 Å². The summed E-state index contributed by atoms with van der Waals surface area (Å²) >= 11 is 0. The van der Waals surface area contributed by atoms with Crippen molar-refractivity contribution < 1.29 is 4.79 Å². The molecule has 0 spiro atoms. The Labute approximate surface area is 89.1 Å². The van der Waals surface area contributed by atoms with E-state index in [4.69, 9.17) is 0 Å². The summed E-state index contributed by atoms with van der Waals surface area (Å²) < 4.78 is 0. The van der Waals surface area contributed by atoms with Gasteiger partial charge in [0.1, 0.15) is 5.82 Å². The monoisotopic (exact) mass is 205 g/mol. The highest BCUT2D eigenvalue weighted by Crippen LogP contribution is 2.29. The maximum atomic E-state index is 11.8. The van der Waals surface area contributed by atoms with Crippen molar-refractivity contribution in [1.29, 1.82) is 0 Å². The van der Waals surface area contributed by atoms with Crippen LogP contribution in [0.3, 0.4) is 0 Å². The summed E-state index contributed by atoms with van der Waals surface area (Å²) in [5.41, 5.74) is 0.610. The minimum atomic E-state index is -0.0400. The highest BCUT2D eigenvalue weighted by atomic mass is 16.1. The molecular weight excluding hydrogens is 190 g/mol. The van der Waals surface area contributed by atoms with E-state index in [1.807, 2.05) is 0 Å². The van der Waals surface area contributed by atoms with Crippen molar-refractivity contribution in [1.82, 2.24) is 10.3 Å². The Morgan fingerprint density at radius 1 is 1.60 bits per heavy atom. The second kappa shape index (κ2) is 3.88. The number of hydrogen-bond donors (Lipinski definition) is 2. The number of carbonyl (C=O) groups is 1. The fourth-order valence-corrected chi connectivity index (χ4v) is 1.56. The lowest BCUT2D eigenvalue weighted by molar-refractivity contribution is 0.0950. The van der Waals surface area contributed by atoms with E-state index in [1.54, 1.807) is 25.4 Å². The highest BCUT2D eigenvalue weighted by Gasteiger charge is 2.34. The van der Waals surface area contributed by atoms with E-state index in [0.29, 0.717) is 23.3 Å². The zero-order valence-electron chi connectivity index (χ0n) is 8.95. The van der Waals surface area contributed by atoms with Gasteiger partial charge in [-0.3, -0.25) is 4.79 Å². The molecule has 1 fully saturated rings. The van der Waals surface area contributed by atoms with Gasteiger partial charge in [-0.25, -0.2) is 4.98 Å². The fourth-order valence-electron chi connectivity index (χ4n) is 1.56. The van der Waals surface area contributed by atoms with Crippen molar-refractivity contribution in [2.45, 2.75) is 19.4 Å². The van der Waals surface area contributed by atoms with Gasteiger partial charge in [-0.15, -0.1) is 0 Å². The van der Waals surface area contributed by atoms with E-state index < -0.39 is 0 Å². The van der Waals surface area contributed by atoms with Gasteiger partial charge in [0.05, 0.1) is 5.56 Å². The SMILES string of the molecule is CNc1ncccc1C(=O)NC1CC1C. The first-order valence-corrected chi connectivity index (χ1v) is 5.16. The Bertz CT molecular complexity index is 378. The molecule has 0 aromatic carbocycles. The molecule has 1 aliphatic carbocycles. The van der Waals surface area contributed by atoms with Crippen LogP contribution in [0.5, 0.6) is 0 Å². The summed E-state index contributed by atoms with van der Waals surface area (Å²) in [6.07, 6.45) is 2.75. The van der Waals surface area contributed by atoms with Gasteiger partial charge >= 0.3 is 0 Å². The number of rotatable bonds is 3. The Morgan fingerprint density at radius 2 is 2.33 bits per heavy atom. The third kappa shape index (κ3) is 2.09. The van der Waals surface area contributed by atoms with E-state index >= 15 is 0 Å². The van der Waals surface area contributed by atoms with Crippen LogP contribution in [-0.2, 0) is 0 Å². The van der Waals surface area contributed by atoms with Crippen molar-refractivity contribution in [3.63, 3.8) is 0 Å². The van der Waals surface area contributed by atoms with Crippen LogP contribution in [0.4, 0.5) is 5.82 Å². The molecule has 2 unspecified atom stereocenters. The van der Waals surface area contributed by atoms with Crippen LogP contribution in [0.25, 0.3) is 0 Å². The molecule has 80 valence electrons. The number of nitrogens with zero attached hydrogens (tertiary/aromatic N) is 1. The van der Waals surface area contributed by atoms with Crippen LogP contribution in [0, 0.1) is 5.92 Å². The van der Waals surface area contributed by atoms with Gasteiger partial charge in [0.15, 0.2) is 0 Å². The molecule has 1 aromatic heterocycles. The van der Waals surface area contributed by atoms with E-state index in [9.17, 15) is 4.79 Å². The minimum Gasteiger partial charge on any atom is -0.372 e. The molecule has 0 saturated heterocycles. The first-order valence-electron chi connectivity index (χ1n) is 5.16. The molecule has 2 rings (SSSR count). The lowest BCUT2D eigenvalue weighted by Crippen LogP contribution is -2.27. The molecule has 4 nitrogen and oxygen atoms in total. The smallest absolute Gasteiger partial charge is 0.255 e. The normalized spacial score (nSPS) is 23.3. The Kier molecular flexibility index (Phi) is 2.58. The summed E-state index contributed by atoms with van der Waals surface area (Å²) in [5.74, 6) is 1.20. The zero-order chi connectivity index (χ0) is 10.8. The molecule has 0 radical (unpaired) electrons. The van der Waals surface area contributed by atoms with Crippen molar-refractivity contribution >= 4 is 11.7 Å². The third-order valence-corrected chi connectivity index (χ3v) is 2.72. The molecule has 1 amide bonds. The number of anilines is 1. The van der Waals surface area contributed by atoms with E-state index in [-0.39, 0.29) is 5.91 Å². The largest absolute Gasteiger partial charge is 0.372 e. The molecule has 1 heterocycles. The Balaban J connectivity index is 2.10. The predicted molar refractivity (Wildman–Crippen MR) is 58.8 cm³/mol. The molecular formula is C11H15N3O. The summed E-state index contributed by atoms with van der Waals surface area (Å²) in [5, 5.41) is 5.89. The van der Waals surface area contributed by atoms with Crippen molar-refractivity contribution in [3.05, 3.63) is 23.9 Å². The minimum absolute atomic E-state index is 0.0400. The number of amides is 1. The van der Waals surface area contributed by atoms with Crippen molar-refractivity contribution in [2.75, 3.05) is 12.4 Å². The second-order valence-corrected chi connectivity index (χ2v) is 3.94. The summed E-state index contributed by atoms with van der Waals surface area (Å²) in [6.45, 7) is 2.13. The van der Waals surface area contributed by atoms with Crippen LogP contribution in [0.15, 0.2) is 18.3 Å².